The largest absolute Gasteiger partial charge is 0.480 e. The molecule has 1 heterocycles. The van der Waals surface area contributed by atoms with Gasteiger partial charge in [0, 0.05) is 18.1 Å². The molecule has 0 amide bonds. The van der Waals surface area contributed by atoms with Gasteiger partial charge in [0.15, 0.2) is 17.4 Å². The van der Waals surface area contributed by atoms with Gasteiger partial charge in [0.1, 0.15) is 11.6 Å². The summed E-state index contributed by atoms with van der Waals surface area (Å²) in [4.78, 5) is 4.00. The van der Waals surface area contributed by atoms with Crippen LogP contribution in [0.4, 0.5) is 8.78 Å². The molecular formula is C15H18F2N2OS. The Morgan fingerprint density at radius 1 is 1.29 bits per heavy atom. The van der Waals surface area contributed by atoms with Crippen LogP contribution in [0, 0.1) is 17.6 Å². The Bertz CT molecular complexity index is 550. The second-order valence-corrected chi connectivity index (χ2v) is 6.11. The van der Waals surface area contributed by atoms with Crippen LogP contribution in [0.1, 0.15) is 24.4 Å². The van der Waals surface area contributed by atoms with Crippen molar-refractivity contribution in [3.8, 4) is 5.75 Å². The molecule has 114 valence electrons. The second-order valence-electron chi connectivity index (χ2n) is 5.13. The van der Waals surface area contributed by atoms with Crippen LogP contribution >= 0.6 is 11.3 Å². The zero-order valence-electron chi connectivity index (χ0n) is 12.0. The molecule has 6 heteroatoms. The number of aromatic nitrogens is 1. The Hall–Kier alpha value is -1.53. The maximum atomic E-state index is 13.9. The molecule has 0 spiro atoms. The highest BCUT2D eigenvalue weighted by molar-refractivity contribution is 7.09. The number of benzene rings is 1. The Labute approximate surface area is 127 Å². The maximum Gasteiger partial charge on any atom is 0.191 e. The quantitative estimate of drug-likeness (QED) is 0.845. The minimum atomic E-state index is -0.687. The minimum Gasteiger partial charge on any atom is -0.480 e. The number of hydrogen-bond donors (Lipinski definition) is 1. The number of thiazole rings is 1. The van der Waals surface area contributed by atoms with Crippen molar-refractivity contribution in [3.63, 3.8) is 0 Å². The minimum absolute atomic E-state index is 0.0659. The summed E-state index contributed by atoms with van der Waals surface area (Å²) in [6.07, 6.45) is 1.62. The number of halogens is 2. The van der Waals surface area contributed by atoms with Gasteiger partial charge in [-0.25, -0.2) is 13.8 Å². The molecule has 21 heavy (non-hydrogen) atoms. The topological polar surface area (TPSA) is 34.1 Å². The van der Waals surface area contributed by atoms with Crippen LogP contribution in [0.25, 0.3) is 0 Å². The fourth-order valence-corrected chi connectivity index (χ4v) is 2.34. The molecule has 1 aromatic heterocycles. The molecule has 0 radical (unpaired) electrons. The van der Waals surface area contributed by atoms with Gasteiger partial charge in [-0.3, -0.25) is 0 Å². The van der Waals surface area contributed by atoms with Crippen LogP contribution in [0.5, 0.6) is 5.75 Å². The van der Waals surface area contributed by atoms with Gasteiger partial charge < -0.3 is 10.1 Å². The van der Waals surface area contributed by atoms with Crippen molar-refractivity contribution in [1.82, 2.24) is 10.3 Å². The summed E-state index contributed by atoms with van der Waals surface area (Å²) in [7, 11) is 0. The molecular weight excluding hydrogens is 294 g/mol. The van der Waals surface area contributed by atoms with E-state index in [-0.39, 0.29) is 12.4 Å². The molecule has 3 nitrogen and oxygen atoms in total. The molecule has 0 saturated carbocycles. The van der Waals surface area contributed by atoms with E-state index in [1.165, 1.54) is 23.5 Å². The molecule has 1 N–H and O–H groups in total. The van der Waals surface area contributed by atoms with Gasteiger partial charge in [-0.1, -0.05) is 13.8 Å². The van der Waals surface area contributed by atoms with E-state index in [4.69, 9.17) is 4.74 Å². The zero-order valence-corrected chi connectivity index (χ0v) is 12.8. The van der Waals surface area contributed by atoms with E-state index in [2.05, 4.69) is 24.1 Å². The zero-order chi connectivity index (χ0) is 15.2. The molecule has 2 rings (SSSR count). The molecule has 1 aromatic carbocycles. The predicted octanol–water partition coefficient (Wildman–Crippen LogP) is 3.75. The lowest BCUT2D eigenvalue weighted by Gasteiger charge is -2.11. The first-order valence-corrected chi connectivity index (χ1v) is 7.64. The highest BCUT2D eigenvalue weighted by Crippen LogP contribution is 2.24. The third-order valence-electron chi connectivity index (χ3n) is 2.76. The van der Waals surface area contributed by atoms with Crippen molar-refractivity contribution >= 4 is 11.3 Å². The van der Waals surface area contributed by atoms with Crippen LogP contribution < -0.4 is 10.1 Å². The van der Waals surface area contributed by atoms with Crippen LogP contribution in [-0.2, 0) is 13.2 Å². The number of hydrogen-bond acceptors (Lipinski definition) is 4. The normalized spacial score (nSPS) is 11.1. The van der Waals surface area contributed by atoms with Crippen LogP contribution in [-0.4, -0.2) is 11.5 Å². The van der Waals surface area contributed by atoms with Crippen LogP contribution in [0.2, 0.25) is 0 Å². The molecule has 0 unspecified atom stereocenters. The van der Waals surface area contributed by atoms with Gasteiger partial charge in [-0.2, -0.15) is 0 Å². The lowest BCUT2D eigenvalue weighted by Crippen LogP contribution is -2.19. The highest BCUT2D eigenvalue weighted by Gasteiger charge is 2.13. The molecule has 0 aliphatic heterocycles. The number of ether oxygens (including phenoxy) is 1. The summed E-state index contributed by atoms with van der Waals surface area (Å²) in [5.74, 6) is -1.24. The molecule has 0 bridgehead atoms. The van der Waals surface area contributed by atoms with Crippen molar-refractivity contribution in [2.45, 2.75) is 27.0 Å². The van der Waals surface area contributed by atoms with E-state index in [1.807, 2.05) is 0 Å². The molecule has 0 aliphatic rings. The lowest BCUT2D eigenvalue weighted by molar-refractivity contribution is 0.273. The van der Waals surface area contributed by atoms with E-state index < -0.39 is 11.6 Å². The maximum absolute atomic E-state index is 13.9. The molecule has 0 aliphatic carbocycles. The summed E-state index contributed by atoms with van der Waals surface area (Å²) in [6, 6.07) is 2.60. The third kappa shape index (κ3) is 4.75. The highest BCUT2D eigenvalue weighted by atomic mass is 32.1. The molecule has 0 atom stereocenters. The van der Waals surface area contributed by atoms with E-state index in [1.54, 1.807) is 11.6 Å². The predicted molar refractivity (Wildman–Crippen MR) is 79.3 cm³/mol. The number of rotatable bonds is 7. The standard InChI is InChI=1S/C15H18F2N2OS/c1-10(2)7-18-8-11-5-12(16)15(13(17)6-11)20-9-14-19-3-4-21-14/h3-6,10,18H,7-9H2,1-2H3. The van der Waals surface area contributed by atoms with Crippen molar-refractivity contribution in [3.05, 3.63) is 45.9 Å². The number of nitrogens with zero attached hydrogens (tertiary/aromatic N) is 1. The van der Waals surface area contributed by atoms with Gasteiger partial charge in [0.05, 0.1) is 0 Å². The Morgan fingerprint density at radius 3 is 2.57 bits per heavy atom. The number of nitrogens with one attached hydrogen (secondary N) is 1. The summed E-state index contributed by atoms with van der Waals surface area (Å²) >= 11 is 1.38. The summed E-state index contributed by atoms with van der Waals surface area (Å²) in [5.41, 5.74) is 0.562. The van der Waals surface area contributed by atoms with Crippen LogP contribution in [0.3, 0.4) is 0 Å². The summed E-state index contributed by atoms with van der Waals surface area (Å²) in [5, 5.41) is 5.61. The third-order valence-corrected chi connectivity index (χ3v) is 3.52. The Kier molecular flexibility index (Phi) is 5.64. The lowest BCUT2D eigenvalue weighted by atomic mass is 10.1. The van der Waals surface area contributed by atoms with Crippen molar-refractivity contribution in [2.24, 2.45) is 5.92 Å². The van der Waals surface area contributed by atoms with E-state index >= 15 is 0 Å². The van der Waals surface area contributed by atoms with E-state index in [9.17, 15) is 8.78 Å². The smallest absolute Gasteiger partial charge is 0.191 e. The van der Waals surface area contributed by atoms with Crippen LogP contribution in [0.15, 0.2) is 23.7 Å². The molecule has 2 aromatic rings. The molecule has 0 fully saturated rings. The van der Waals surface area contributed by atoms with E-state index in [0.29, 0.717) is 23.0 Å². The van der Waals surface area contributed by atoms with Crippen molar-refractivity contribution < 1.29 is 13.5 Å². The summed E-state index contributed by atoms with van der Waals surface area (Å²) in [6.45, 7) is 5.44. The van der Waals surface area contributed by atoms with Crippen molar-refractivity contribution in [2.75, 3.05) is 6.54 Å². The Balaban J connectivity index is 1.99. The SMILES string of the molecule is CC(C)CNCc1cc(F)c(OCc2nccs2)c(F)c1. The van der Waals surface area contributed by atoms with E-state index in [0.717, 1.165) is 6.54 Å². The Morgan fingerprint density at radius 2 is 2.00 bits per heavy atom. The van der Waals surface area contributed by atoms with Gasteiger partial charge in [0.2, 0.25) is 0 Å². The molecule has 0 saturated heterocycles. The fourth-order valence-electron chi connectivity index (χ4n) is 1.82. The first-order chi connectivity index (χ1) is 10.1. The monoisotopic (exact) mass is 312 g/mol. The average Bonchev–Trinajstić information content (AvgIpc) is 2.90. The summed E-state index contributed by atoms with van der Waals surface area (Å²) < 4.78 is 33.0. The first kappa shape index (κ1) is 15.9. The fraction of sp³-hybridized carbons (Fsp3) is 0.400. The van der Waals surface area contributed by atoms with Gasteiger partial charge >= 0.3 is 0 Å². The van der Waals surface area contributed by atoms with Gasteiger partial charge in [-0.05, 0) is 30.2 Å². The second kappa shape index (κ2) is 7.47. The van der Waals surface area contributed by atoms with Gasteiger partial charge in [-0.15, -0.1) is 11.3 Å². The first-order valence-electron chi connectivity index (χ1n) is 6.76. The van der Waals surface area contributed by atoms with Crippen molar-refractivity contribution in [1.29, 1.82) is 0 Å². The van der Waals surface area contributed by atoms with Gasteiger partial charge in [0.25, 0.3) is 0 Å². The average molecular weight is 312 g/mol.